The number of ether oxygens (including phenoxy) is 1. The Morgan fingerprint density at radius 3 is 2.64 bits per heavy atom. The molecule has 2 aromatic rings. The van der Waals surface area contributed by atoms with E-state index in [0.717, 1.165) is 12.2 Å². The Morgan fingerprint density at radius 1 is 1.16 bits per heavy atom. The summed E-state index contributed by atoms with van der Waals surface area (Å²) in [5, 5.41) is 3.86. The number of hydrogen-bond donors (Lipinski definition) is 1. The molecule has 1 N–H and O–H groups in total. The van der Waals surface area contributed by atoms with Crippen LogP contribution >= 0.6 is 11.6 Å². The molecule has 1 saturated heterocycles. The van der Waals surface area contributed by atoms with Gasteiger partial charge in [-0.1, -0.05) is 35.4 Å². The minimum atomic E-state index is -0.0330. The molecule has 0 saturated carbocycles. The van der Waals surface area contributed by atoms with Gasteiger partial charge in [0.05, 0.1) is 23.8 Å². The highest BCUT2D eigenvalue weighted by Crippen LogP contribution is 2.23. The van der Waals surface area contributed by atoms with Gasteiger partial charge < -0.3 is 15.0 Å². The lowest BCUT2D eigenvalue weighted by Gasteiger charge is -2.27. The molecular weight excluding hydrogens is 336 g/mol. The Balaban J connectivity index is 1.69. The summed E-state index contributed by atoms with van der Waals surface area (Å²) < 4.78 is 5.29. The minimum absolute atomic E-state index is 0.0330. The molecule has 5 heteroatoms. The van der Waals surface area contributed by atoms with Crippen LogP contribution in [-0.4, -0.2) is 37.1 Å². The molecule has 3 rings (SSSR count). The predicted molar refractivity (Wildman–Crippen MR) is 101 cm³/mol. The van der Waals surface area contributed by atoms with Crippen LogP contribution in [-0.2, 0) is 11.3 Å². The molecule has 0 radical (unpaired) electrons. The standard InChI is InChI=1S/C20H23ClN2O2/c1-14-3-4-15(2)16(11-14)13-22-17-5-6-18(19(21)12-17)20(24)23-7-9-25-10-8-23/h3-6,11-12,22H,7-10,13H2,1-2H3. The molecule has 1 fully saturated rings. The van der Waals surface area contributed by atoms with Crippen molar-refractivity contribution in [2.45, 2.75) is 20.4 Å². The van der Waals surface area contributed by atoms with Crippen LogP contribution in [0.3, 0.4) is 0 Å². The second kappa shape index (κ2) is 7.89. The second-order valence-electron chi connectivity index (χ2n) is 6.38. The average Bonchev–Trinajstić information content (AvgIpc) is 2.63. The van der Waals surface area contributed by atoms with Crippen molar-refractivity contribution in [2.75, 3.05) is 31.6 Å². The molecular formula is C20H23ClN2O2. The number of hydrogen-bond acceptors (Lipinski definition) is 3. The van der Waals surface area contributed by atoms with Crippen molar-refractivity contribution >= 4 is 23.2 Å². The largest absolute Gasteiger partial charge is 0.381 e. The van der Waals surface area contributed by atoms with Gasteiger partial charge in [0.25, 0.3) is 5.91 Å². The van der Waals surface area contributed by atoms with E-state index < -0.39 is 0 Å². The monoisotopic (exact) mass is 358 g/mol. The Kier molecular flexibility index (Phi) is 5.61. The Labute approximate surface area is 153 Å². The van der Waals surface area contributed by atoms with Crippen molar-refractivity contribution in [3.63, 3.8) is 0 Å². The van der Waals surface area contributed by atoms with Crippen molar-refractivity contribution in [3.05, 3.63) is 63.7 Å². The van der Waals surface area contributed by atoms with Crippen LogP contribution in [0.4, 0.5) is 5.69 Å². The second-order valence-corrected chi connectivity index (χ2v) is 6.79. The summed E-state index contributed by atoms with van der Waals surface area (Å²) in [5.74, 6) is -0.0330. The summed E-state index contributed by atoms with van der Waals surface area (Å²) >= 11 is 6.36. The number of nitrogens with zero attached hydrogens (tertiary/aromatic N) is 1. The van der Waals surface area contributed by atoms with Gasteiger partial charge >= 0.3 is 0 Å². The molecule has 1 aliphatic heterocycles. The zero-order valence-corrected chi connectivity index (χ0v) is 15.4. The number of carbonyl (C=O) groups is 1. The molecule has 1 heterocycles. The zero-order chi connectivity index (χ0) is 17.8. The van der Waals surface area contributed by atoms with Crippen LogP contribution in [0.1, 0.15) is 27.0 Å². The zero-order valence-electron chi connectivity index (χ0n) is 14.6. The van der Waals surface area contributed by atoms with Crippen LogP contribution in [0.5, 0.6) is 0 Å². The molecule has 1 aliphatic rings. The van der Waals surface area contributed by atoms with E-state index in [-0.39, 0.29) is 5.91 Å². The number of anilines is 1. The topological polar surface area (TPSA) is 41.6 Å². The lowest BCUT2D eigenvalue weighted by Crippen LogP contribution is -2.40. The van der Waals surface area contributed by atoms with E-state index in [1.807, 2.05) is 12.1 Å². The van der Waals surface area contributed by atoms with Crippen molar-refractivity contribution in [3.8, 4) is 0 Å². The molecule has 0 unspecified atom stereocenters. The van der Waals surface area contributed by atoms with Gasteiger partial charge in [0.1, 0.15) is 0 Å². The molecule has 0 spiro atoms. The van der Waals surface area contributed by atoms with Crippen LogP contribution in [0, 0.1) is 13.8 Å². The fraction of sp³-hybridized carbons (Fsp3) is 0.350. The summed E-state index contributed by atoms with van der Waals surface area (Å²) in [5.41, 5.74) is 5.20. The summed E-state index contributed by atoms with van der Waals surface area (Å²) in [6.45, 7) is 7.31. The number of morpholine rings is 1. The number of nitrogens with one attached hydrogen (secondary N) is 1. The molecule has 1 amide bonds. The molecule has 0 bridgehead atoms. The highest BCUT2D eigenvalue weighted by atomic mass is 35.5. The summed E-state index contributed by atoms with van der Waals surface area (Å²) in [6, 6.07) is 11.9. The SMILES string of the molecule is Cc1ccc(C)c(CNc2ccc(C(=O)N3CCOCC3)c(Cl)c2)c1. The maximum absolute atomic E-state index is 12.6. The van der Waals surface area contributed by atoms with Gasteiger partial charge in [-0.3, -0.25) is 4.79 Å². The summed E-state index contributed by atoms with van der Waals surface area (Å²) in [6.07, 6.45) is 0. The van der Waals surface area contributed by atoms with Crippen LogP contribution in [0.2, 0.25) is 5.02 Å². The van der Waals surface area contributed by atoms with Gasteiger partial charge in [-0.05, 0) is 43.2 Å². The smallest absolute Gasteiger partial charge is 0.255 e. The number of rotatable bonds is 4. The number of carbonyl (C=O) groups excluding carboxylic acids is 1. The molecule has 132 valence electrons. The van der Waals surface area contributed by atoms with Crippen LogP contribution in [0.25, 0.3) is 0 Å². The first-order chi connectivity index (χ1) is 12.0. The normalized spacial score (nSPS) is 14.4. The third kappa shape index (κ3) is 4.33. The summed E-state index contributed by atoms with van der Waals surface area (Å²) in [4.78, 5) is 14.3. The molecule has 0 aromatic heterocycles. The molecule has 2 aromatic carbocycles. The van der Waals surface area contributed by atoms with E-state index >= 15 is 0 Å². The fourth-order valence-electron chi connectivity index (χ4n) is 2.92. The maximum Gasteiger partial charge on any atom is 0.255 e. The fourth-order valence-corrected chi connectivity index (χ4v) is 3.18. The molecule has 25 heavy (non-hydrogen) atoms. The maximum atomic E-state index is 12.6. The van der Waals surface area contributed by atoms with Crippen LogP contribution in [0.15, 0.2) is 36.4 Å². The Bertz CT molecular complexity index is 770. The van der Waals surface area contributed by atoms with Crippen molar-refractivity contribution < 1.29 is 9.53 Å². The van der Waals surface area contributed by atoms with Gasteiger partial charge in [0.15, 0.2) is 0 Å². The first-order valence-electron chi connectivity index (χ1n) is 8.51. The van der Waals surface area contributed by atoms with Crippen molar-refractivity contribution in [1.82, 2.24) is 4.90 Å². The van der Waals surface area contributed by atoms with E-state index in [1.54, 1.807) is 11.0 Å². The minimum Gasteiger partial charge on any atom is -0.381 e. The van der Waals surface area contributed by atoms with E-state index in [2.05, 4.69) is 37.4 Å². The Hall–Kier alpha value is -2.04. The third-order valence-corrected chi connectivity index (χ3v) is 4.80. The van der Waals surface area contributed by atoms with Gasteiger partial charge in [-0.15, -0.1) is 0 Å². The Morgan fingerprint density at radius 2 is 1.92 bits per heavy atom. The lowest BCUT2D eigenvalue weighted by molar-refractivity contribution is 0.0303. The van der Waals surface area contributed by atoms with E-state index in [4.69, 9.17) is 16.3 Å². The van der Waals surface area contributed by atoms with Gasteiger partial charge in [0, 0.05) is 25.3 Å². The lowest BCUT2D eigenvalue weighted by atomic mass is 10.1. The van der Waals surface area contributed by atoms with Crippen molar-refractivity contribution in [2.24, 2.45) is 0 Å². The number of aryl methyl sites for hydroxylation is 2. The average molecular weight is 359 g/mol. The number of halogens is 1. The molecule has 4 nitrogen and oxygen atoms in total. The van der Waals surface area contributed by atoms with Gasteiger partial charge in [0.2, 0.25) is 0 Å². The first-order valence-corrected chi connectivity index (χ1v) is 8.89. The predicted octanol–water partition coefficient (Wildman–Crippen LogP) is 4.04. The highest BCUT2D eigenvalue weighted by molar-refractivity contribution is 6.34. The molecule has 0 aliphatic carbocycles. The quantitative estimate of drug-likeness (QED) is 0.896. The van der Waals surface area contributed by atoms with Crippen LogP contribution < -0.4 is 5.32 Å². The summed E-state index contributed by atoms with van der Waals surface area (Å²) in [7, 11) is 0. The third-order valence-electron chi connectivity index (χ3n) is 4.49. The van der Waals surface area contributed by atoms with Gasteiger partial charge in [-0.25, -0.2) is 0 Å². The van der Waals surface area contributed by atoms with E-state index in [0.29, 0.717) is 36.9 Å². The first kappa shape index (κ1) is 17.8. The van der Waals surface area contributed by atoms with Crippen molar-refractivity contribution in [1.29, 1.82) is 0 Å². The molecule has 0 atom stereocenters. The highest BCUT2D eigenvalue weighted by Gasteiger charge is 2.20. The van der Waals surface area contributed by atoms with E-state index in [1.165, 1.54) is 16.7 Å². The number of amides is 1. The van der Waals surface area contributed by atoms with Gasteiger partial charge in [-0.2, -0.15) is 0 Å². The number of benzene rings is 2. The van der Waals surface area contributed by atoms with E-state index in [9.17, 15) is 4.79 Å².